The van der Waals surface area contributed by atoms with E-state index >= 15 is 0 Å². The van der Waals surface area contributed by atoms with Crippen molar-refractivity contribution in [1.29, 1.82) is 0 Å². The van der Waals surface area contributed by atoms with Gasteiger partial charge in [-0.25, -0.2) is 9.78 Å². The number of aromatic nitrogens is 1. The minimum Gasteiger partial charge on any atom is -0.493 e. The molecule has 0 amide bonds. The molecule has 3 rings (SSSR count). The first kappa shape index (κ1) is 22.2. The van der Waals surface area contributed by atoms with Gasteiger partial charge in [-0.05, 0) is 42.5 Å². The van der Waals surface area contributed by atoms with Crippen LogP contribution in [0.5, 0.6) is 11.5 Å². The quantitative estimate of drug-likeness (QED) is 0.343. The number of ether oxygens (including phenoxy) is 3. The van der Waals surface area contributed by atoms with Crippen molar-refractivity contribution in [2.24, 2.45) is 0 Å². The molecular formula is C22H17F2NO5S. The smallest absolute Gasteiger partial charge is 0.387 e. The highest BCUT2D eigenvalue weighted by atomic mass is 32.2. The van der Waals surface area contributed by atoms with E-state index in [1.54, 1.807) is 18.3 Å². The number of esters is 1. The number of alkyl halides is 2. The van der Waals surface area contributed by atoms with Gasteiger partial charge in [-0.1, -0.05) is 30.0 Å². The zero-order valence-corrected chi connectivity index (χ0v) is 17.1. The highest BCUT2D eigenvalue weighted by Gasteiger charge is 2.18. The number of benzene rings is 2. The predicted molar refractivity (Wildman–Crippen MR) is 109 cm³/mol. The van der Waals surface area contributed by atoms with E-state index in [4.69, 9.17) is 9.47 Å². The van der Waals surface area contributed by atoms with Crippen molar-refractivity contribution in [3.63, 3.8) is 0 Å². The fraction of sp³-hybridized carbons (Fsp3) is 0.136. The summed E-state index contributed by atoms with van der Waals surface area (Å²) in [7, 11) is 1.26. The van der Waals surface area contributed by atoms with Crippen molar-refractivity contribution in [2.75, 3.05) is 13.7 Å². The third-order valence-electron chi connectivity index (χ3n) is 3.98. The van der Waals surface area contributed by atoms with Crippen LogP contribution in [-0.4, -0.2) is 37.1 Å². The molecular weight excluding hydrogens is 428 g/mol. The van der Waals surface area contributed by atoms with Crippen LogP contribution in [0.1, 0.15) is 20.7 Å². The molecule has 0 atom stereocenters. The number of ketones is 1. The van der Waals surface area contributed by atoms with Crippen molar-refractivity contribution < 1.29 is 32.6 Å². The number of methoxy groups -OCH3 is 1. The van der Waals surface area contributed by atoms with Crippen molar-refractivity contribution >= 4 is 23.5 Å². The van der Waals surface area contributed by atoms with E-state index in [0.717, 1.165) is 4.90 Å². The Morgan fingerprint density at radius 3 is 2.52 bits per heavy atom. The molecule has 0 N–H and O–H groups in total. The summed E-state index contributed by atoms with van der Waals surface area (Å²) in [6.07, 6.45) is 1.56. The molecule has 6 nitrogen and oxygen atoms in total. The van der Waals surface area contributed by atoms with Crippen molar-refractivity contribution in [3.05, 3.63) is 78.0 Å². The van der Waals surface area contributed by atoms with Gasteiger partial charge in [-0.3, -0.25) is 4.79 Å². The zero-order chi connectivity index (χ0) is 22.2. The molecule has 0 saturated heterocycles. The summed E-state index contributed by atoms with van der Waals surface area (Å²) in [4.78, 5) is 30.1. The van der Waals surface area contributed by atoms with E-state index in [2.05, 4.69) is 9.72 Å². The molecule has 31 heavy (non-hydrogen) atoms. The molecule has 1 aromatic heterocycles. The van der Waals surface area contributed by atoms with E-state index in [1.807, 2.05) is 30.3 Å². The van der Waals surface area contributed by atoms with Gasteiger partial charge >= 0.3 is 12.6 Å². The summed E-state index contributed by atoms with van der Waals surface area (Å²) in [5.74, 6) is -1.48. The average molecular weight is 445 g/mol. The summed E-state index contributed by atoms with van der Waals surface area (Å²) in [6, 6.07) is 16.3. The fourth-order valence-electron chi connectivity index (χ4n) is 2.55. The van der Waals surface area contributed by atoms with Gasteiger partial charge in [0.2, 0.25) is 0 Å². The fourth-order valence-corrected chi connectivity index (χ4v) is 3.45. The summed E-state index contributed by atoms with van der Waals surface area (Å²) in [5.41, 5.74) is 0.346. The van der Waals surface area contributed by atoms with Crippen LogP contribution in [0.3, 0.4) is 0 Å². The van der Waals surface area contributed by atoms with Crippen LogP contribution in [-0.2, 0) is 4.74 Å². The van der Waals surface area contributed by atoms with Gasteiger partial charge in [0.05, 0.1) is 12.7 Å². The normalized spacial score (nSPS) is 10.6. The molecule has 0 aliphatic rings. The largest absolute Gasteiger partial charge is 0.493 e. The molecule has 0 fully saturated rings. The van der Waals surface area contributed by atoms with Gasteiger partial charge in [-0.2, -0.15) is 8.78 Å². The molecule has 0 bridgehead atoms. The van der Waals surface area contributed by atoms with Crippen molar-refractivity contribution in [2.45, 2.75) is 16.5 Å². The lowest BCUT2D eigenvalue weighted by Gasteiger charge is -2.11. The second-order valence-corrected chi connectivity index (χ2v) is 7.08. The number of pyridine rings is 1. The SMILES string of the molecule is COc1cc(C(=O)COC(=O)c2cccnc2Sc2ccccc2)ccc1OC(F)F. The summed E-state index contributed by atoms with van der Waals surface area (Å²) >= 11 is 1.30. The topological polar surface area (TPSA) is 74.7 Å². The van der Waals surface area contributed by atoms with E-state index in [0.29, 0.717) is 5.03 Å². The molecule has 0 aliphatic carbocycles. The molecule has 9 heteroatoms. The lowest BCUT2D eigenvalue weighted by atomic mass is 10.1. The molecule has 0 unspecified atom stereocenters. The van der Waals surface area contributed by atoms with E-state index in [9.17, 15) is 18.4 Å². The van der Waals surface area contributed by atoms with Gasteiger partial charge in [0.1, 0.15) is 5.03 Å². The highest BCUT2D eigenvalue weighted by Crippen LogP contribution is 2.30. The summed E-state index contributed by atoms with van der Waals surface area (Å²) in [5, 5.41) is 0.446. The molecule has 1 heterocycles. The molecule has 0 radical (unpaired) electrons. The third-order valence-corrected chi connectivity index (χ3v) is 5.01. The number of carbonyl (C=O) groups is 2. The second-order valence-electron chi connectivity index (χ2n) is 6.01. The maximum atomic E-state index is 12.5. The first-order chi connectivity index (χ1) is 15.0. The summed E-state index contributed by atoms with van der Waals surface area (Å²) in [6.45, 7) is -3.57. The maximum absolute atomic E-state index is 12.5. The number of hydrogen-bond acceptors (Lipinski definition) is 7. The molecule has 0 spiro atoms. The molecule has 2 aromatic carbocycles. The van der Waals surface area contributed by atoms with Gasteiger partial charge in [-0.15, -0.1) is 0 Å². The van der Waals surface area contributed by atoms with Gasteiger partial charge in [0, 0.05) is 16.7 Å². The van der Waals surface area contributed by atoms with Gasteiger partial charge < -0.3 is 14.2 Å². The van der Waals surface area contributed by atoms with E-state index in [1.165, 1.54) is 37.1 Å². The molecule has 0 aliphatic heterocycles. The van der Waals surface area contributed by atoms with Crippen LogP contribution in [0.4, 0.5) is 8.78 Å². The lowest BCUT2D eigenvalue weighted by molar-refractivity contribution is -0.0512. The Morgan fingerprint density at radius 1 is 1.03 bits per heavy atom. The van der Waals surface area contributed by atoms with Crippen LogP contribution in [0, 0.1) is 0 Å². The molecule has 0 saturated carbocycles. The van der Waals surface area contributed by atoms with Gasteiger partial charge in [0.25, 0.3) is 0 Å². The first-order valence-electron chi connectivity index (χ1n) is 8.99. The van der Waals surface area contributed by atoms with Crippen LogP contribution in [0.2, 0.25) is 0 Å². The minimum absolute atomic E-state index is 0.0358. The van der Waals surface area contributed by atoms with Crippen LogP contribution < -0.4 is 9.47 Å². The van der Waals surface area contributed by atoms with Crippen LogP contribution in [0.25, 0.3) is 0 Å². The van der Waals surface area contributed by atoms with E-state index in [-0.39, 0.29) is 22.6 Å². The summed E-state index contributed by atoms with van der Waals surface area (Å²) < 4.78 is 39.3. The van der Waals surface area contributed by atoms with Gasteiger partial charge in [0.15, 0.2) is 23.9 Å². The zero-order valence-electron chi connectivity index (χ0n) is 16.3. The number of rotatable bonds is 9. The Morgan fingerprint density at radius 2 is 1.81 bits per heavy atom. The number of nitrogens with zero attached hydrogens (tertiary/aromatic N) is 1. The molecule has 3 aromatic rings. The minimum atomic E-state index is -3.03. The van der Waals surface area contributed by atoms with Crippen LogP contribution >= 0.6 is 11.8 Å². The van der Waals surface area contributed by atoms with Crippen molar-refractivity contribution in [3.8, 4) is 11.5 Å². The highest BCUT2D eigenvalue weighted by molar-refractivity contribution is 7.99. The maximum Gasteiger partial charge on any atom is 0.387 e. The monoisotopic (exact) mass is 445 g/mol. The number of halogens is 2. The molecule has 160 valence electrons. The number of hydrogen-bond donors (Lipinski definition) is 0. The Hall–Kier alpha value is -3.46. The number of carbonyl (C=O) groups excluding carboxylic acids is 2. The second kappa shape index (κ2) is 10.5. The lowest BCUT2D eigenvalue weighted by Crippen LogP contribution is -2.15. The van der Waals surface area contributed by atoms with Crippen molar-refractivity contribution in [1.82, 2.24) is 4.98 Å². The standard InChI is InChI=1S/C22H17F2NO5S/c1-28-19-12-14(9-10-18(19)30-22(23)24)17(26)13-29-21(27)16-8-5-11-25-20(16)31-15-6-3-2-4-7-15/h2-12,22H,13H2,1H3. The Bertz CT molecular complexity index is 1060. The van der Waals surface area contributed by atoms with Crippen LogP contribution in [0.15, 0.2) is 76.8 Å². The first-order valence-corrected chi connectivity index (χ1v) is 9.80. The Kier molecular flexibility index (Phi) is 7.55. The number of Topliss-reactive ketones (excluding diaryl/α,β-unsaturated/α-hetero) is 1. The predicted octanol–water partition coefficient (Wildman–Crippen LogP) is 4.88. The average Bonchev–Trinajstić information content (AvgIpc) is 2.78. The third kappa shape index (κ3) is 6.02. The Balaban J connectivity index is 1.68. The Labute approximate surface area is 181 Å². The van der Waals surface area contributed by atoms with E-state index < -0.39 is 25.0 Å².